The number of Topliss-reactive ketones (excluding diaryl/α,β-unsaturated/α-hetero) is 1. The van der Waals surface area contributed by atoms with E-state index >= 15 is 0 Å². The SMILES string of the molecule is CCOc1cc2ncnc(Nc3ccc(F)c(Cl)c3)c2cc1CC(=O)C(=O)N1CCN(CC(=O)O)CC1. The number of nitrogens with one attached hydrogen (secondary N) is 1. The number of carbonyl (C=O) groups excluding carboxylic acids is 2. The van der Waals surface area contributed by atoms with Crippen LogP contribution in [0.4, 0.5) is 15.9 Å². The number of halogens is 2. The van der Waals surface area contributed by atoms with Crippen molar-refractivity contribution < 1.29 is 28.6 Å². The summed E-state index contributed by atoms with van der Waals surface area (Å²) in [6.07, 6.45) is 1.17. The number of ether oxygens (including phenoxy) is 1. The molecule has 1 aliphatic heterocycles. The maximum absolute atomic E-state index is 13.6. The highest BCUT2D eigenvalue weighted by Gasteiger charge is 2.27. The summed E-state index contributed by atoms with van der Waals surface area (Å²) in [6, 6.07) is 7.56. The van der Waals surface area contributed by atoms with E-state index in [-0.39, 0.29) is 31.1 Å². The second kappa shape index (κ2) is 11.5. The standard InChI is InChI=1S/C25H25ClFN5O5/c1-2-37-22-12-20-17(24(29-14-28-20)30-16-3-4-19(27)18(26)11-16)9-15(22)10-21(33)25(36)32-7-5-31(6-8-32)13-23(34)35/h3-4,9,11-12,14H,2,5-8,10,13H2,1H3,(H,34,35)(H,28,29,30). The Morgan fingerprint density at radius 2 is 1.89 bits per heavy atom. The summed E-state index contributed by atoms with van der Waals surface area (Å²) < 4.78 is 19.3. The summed E-state index contributed by atoms with van der Waals surface area (Å²) in [5.41, 5.74) is 1.55. The molecule has 2 aromatic carbocycles. The number of hydrogen-bond donors (Lipinski definition) is 2. The minimum atomic E-state index is -0.934. The van der Waals surface area contributed by atoms with Crippen molar-refractivity contribution in [3.63, 3.8) is 0 Å². The zero-order chi connectivity index (χ0) is 26.5. The zero-order valence-corrected chi connectivity index (χ0v) is 20.8. The fraction of sp³-hybridized carbons (Fsp3) is 0.320. The Bertz CT molecular complexity index is 1350. The lowest BCUT2D eigenvalue weighted by Gasteiger charge is -2.33. The summed E-state index contributed by atoms with van der Waals surface area (Å²) in [4.78, 5) is 48.4. The number of ketones is 1. The largest absolute Gasteiger partial charge is 0.494 e. The number of benzene rings is 2. The van der Waals surface area contributed by atoms with Gasteiger partial charge in [-0.1, -0.05) is 11.6 Å². The van der Waals surface area contributed by atoms with Crippen LogP contribution in [0.2, 0.25) is 5.02 Å². The molecule has 0 aliphatic carbocycles. The summed E-state index contributed by atoms with van der Waals surface area (Å²) >= 11 is 5.89. The quantitative estimate of drug-likeness (QED) is 0.402. The van der Waals surface area contributed by atoms with Gasteiger partial charge < -0.3 is 20.1 Å². The number of carboxylic acids is 1. The second-order valence-corrected chi connectivity index (χ2v) is 8.86. The van der Waals surface area contributed by atoms with Gasteiger partial charge in [0.1, 0.15) is 23.7 Å². The fourth-order valence-electron chi connectivity index (χ4n) is 4.09. The van der Waals surface area contributed by atoms with Crippen molar-refractivity contribution in [2.75, 3.05) is 44.6 Å². The number of aliphatic carboxylic acids is 1. The lowest BCUT2D eigenvalue weighted by molar-refractivity contribution is -0.146. The summed E-state index contributed by atoms with van der Waals surface area (Å²) in [5.74, 6) is -1.88. The van der Waals surface area contributed by atoms with Crippen LogP contribution in [0.5, 0.6) is 5.75 Å². The van der Waals surface area contributed by atoms with Crippen molar-refractivity contribution in [2.45, 2.75) is 13.3 Å². The van der Waals surface area contributed by atoms with Gasteiger partial charge in [-0.2, -0.15) is 0 Å². The van der Waals surface area contributed by atoms with Gasteiger partial charge >= 0.3 is 5.97 Å². The molecule has 1 aromatic heterocycles. The Kier molecular flexibility index (Phi) is 8.14. The Hall–Kier alpha value is -3.83. The molecule has 0 unspecified atom stereocenters. The smallest absolute Gasteiger partial charge is 0.317 e. The molecule has 12 heteroatoms. The van der Waals surface area contributed by atoms with E-state index in [0.29, 0.717) is 53.4 Å². The van der Waals surface area contributed by atoms with Gasteiger partial charge in [-0.25, -0.2) is 14.4 Å². The second-order valence-electron chi connectivity index (χ2n) is 8.45. The predicted molar refractivity (Wildman–Crippen MR) is 135 cm³/mol. The Labute approximate surface area is 217 Å². The molecule has 10 nitrogen and oxygen atoms in total. The van der Waals surface area contributed by atoms with Crippen LogP contribution in [-0.2, 0) is 20.8 Å². The van der Waals surface area contributed by atoms with E-state index in [9.17, 15) is 18.8 Å². The first-order chi connectivity index (χ1) is 17.7. The predicted octanol–water partition coefficient (Wildman–Crippen LogP) is 2.91. The molecule has 0 bridgehead atoms. The third kappa shape index (κ3) is 6.30. The van der Waals surface area contributed by atoms with Gasteiger partial charge in [-0.05, 0) is 31.2 Å². The maximum atomic E-state index is 13.6. The molecule has 3 aromatic rings. The minimum Gasteiger partial charge on any atom is -0.494 e. The van der Waals surface area contributed by atoms with Crippen LogP contribution in [0.15, 0.2) is 36.7 Å². The van der Waals surface area contributed by atoms with Gasteiger partial charge in [-0.3, -0.25) is 19.3 Å². The molecule has 0 radical (unpaired) electrons. The molecule has 0 spiro atoms. The lowest BCUT2D eigenvalue weighted by Crippen LogP contribution is -2.51. The van der Waals surface area contributed by atoms with Crippen molar-refractivity contribution in [3.05, 3.63) is 53.1 Å². The van der Waals surface area contributed by atoms with Crippen molar-refractivity contribution in [2.24, 2.45) is 0 Å². The molecule has 0 saturated carbocycles. The first-order valence-corrected chi connectivity index (χ1v) is 12.0. The molecule has 1 aliphatic rings. The molecule has 1 saturated heterocycles. The fourth-order valence-corrected chi connectivity index (χ4v) is 4.27. The number of hydrogen-bond acceptors (Lipinski definition) is 8. The normalized spacial score (nSPS) is 14.0. The number of aromatic nitrogens is 2. The van der Waals surface area contributed by atoms with Gasteiger partial charge in [0, 0.05) is 55.3 Å². The number of amides is 1. The average Bonchev–Trinajstić information content (AvgIpc) is 2.87. The molecule has 4 rings (SSSR count). The molecule has 2 heterocycles. The highest BCUT2D eigenvalue weighted by Crippen LogP contribution is 2.31. The van der Waals surface area contributed by atoms with Crippen molar-refractivity contribution >= 4 is 51.7 Å². The number of anilines is 2. The van der Waals surface area contributed by atoms with E-state index < -0.39 is 23.5 Å². The number of nitrogens with zero attached hydrogens (tertiary/aromatic N) is 4. The molecule has 1 amide bonds. The minimum absolute atomic E-state index is 0.0458. The lowest BCUT2D eigenvalue weighted by atomic mass is 10.0. The average molecular weight is 530 g/mol. The number of fused-ring (bicyclic) bond motifs is 1. The zero-order valence-electron chi connectivity index (χ0n) is 20.0. The van der Waals surface area contributed by atoms with Crippen LogP contribution in [0, 0.1) is 5.82 Å². The van der Waals surface area contributed by atoms with E-state index in [0.717, 1.165) is 0 Å². The van der Waals surface area contributed by atoms with E-state index in [1.54, 1.807) is 17.0 Å². The number of carboxylic acid groups (broad SMARTS) is 1. The Morgan fingerprint density at radius 1 is 1.14 bits per heavy atom. The summed E-state index contributed by atoms with van der Waals surface area (Å²) in [7, 11) is 0. The van der Waals surface area contributed by atoms with Crippen LogP contribution in [0.1, 0.15) is 12.5 Å². The van der Waals surface area contributed by atoms with Crippen LogP contribution >= 0.6 is 11.6 Å². The monoisotopic (exact) mass is 529 g/mol. The van der Waals surface area contributed by atoms with Gasteiger partial charge in [-0.15, -0.1) is 0 Å². The van der Waals surface area contributed by atoms with E-state index in [1.807, 2.05) is 6.92 Å². The Morgan fingerprint density at radius 3 is 2.57 bits per heavy atom. The first kappa shape index (κ1) is 26.2. The maximum Gasteiger partial charge on any atom is 0.317 e. The molecular weight excluding hydrogens is 505 g/mol. The molecule has 194 valence electrons. The molecule has 1 fully saturated rings. The van der Waals surface area contributed by atoms with Crippen molar-refractivity contribution in [1.82, 2.24) is 19.8 Å². The van der Waals surface area contributed by atoms with E-state index in [4.69, 9.17) is 21.4 Å². The van der Waals surface area contributed by atoms with Gasteiger partial charge in [0.05, 0.1) is 23.7 Å². The van der Waals surface area contributed by atoms with Gasteiger partial charge in [0.25, 0.3) is 5.91 Å². The molecule has 2 N–H and O–H groups in total. The Balaban J connectivity index is 1.56. The van der Waals surface area contributed by atoms with Crippen LogP contribution < -0.4 is 10.1 Å². The van der Waals surface area contributed by atoms with Crippen LogP contribution in [0.3, 0.4) is 0 Å². The highest BCUT2D eigenvalue weighted by atomic mass is 35.5. The summed E-state index contributed by atoms with van der Waals surface area (Å²) in [5, 5.41) is 12.6. The third-order valence-corrected chi connectivity index (χ3v) is 6.20. The third-order valence-electron chi connectivity index (χ3n) is 5.91. The topological polar surface area (TPSA) is 125 Å². The first-order valence-electron chi connectivity index (χ1n) is 11.6. The number of carbonyl (C=O) groups is 3. The van der Waals surface area contributed by atoms with Crippen molar-refractivity contribution in [1.29, 1.82) is 0 Å². The molecular formula is C25H25ClFN5O5. The van der Waals surface area contributed by atoms with Gasteiger partial charge in [0.15, 0.2) is 0 Å². The van der Waals surface area contributed by atoms with E-state index in [2.05, 4.69) is 15.3 Å². The van der Waals surface area contributed by atoms with E-state index in [1.165, 1.54) is 29.4 Å². The van der Waals surface area contributed by atoms with Gasteiger partial charge in [0.2, 0.25) is 5.78 Å². The highest BCUT2D eigenvalue weighted by molar-refractivity contribution is 6.36. The molecule has 0 atom stereocenters. The summed E-state index contributed by atoms with van der Waals surface area (Å²) in [6.45, 7) is 3.36. The number of piperazine rings is 1. The van der Waals surface area contributed by atoms with Crippen LogP contribution in [-0.4, -0.2) is 81.9 Å². The molecule has 37 heavy (non-hydrogen) atoms. The van der Waals surface area contributed by atoms with Crippen LogP contribution in [0.25, 0.3) is 10.9 Å². The number of rotatable bonds is 9. The van der Waals surface area contributed by atoms with Crippen molar-refractivity contribution in [3.8, 4) is 5.75 Å².